The van der Waals surface area contributed by atoms with Crippen LogP contribution in [0.15, 0.2) is 103 Å². The molecule has 0 fully saturated rings. The molecule has 3 amide bonds. The maximum absolute atomic E-state index is 12.3. The van der Waals surface area contributed by atoms with Gasteiger partial charge in [-0.2, -0.15) is 0 Å². The molecule has 0 spiro atoms. The summed E-state index contributed by atoms with van der Waals surface area (Å²) in [7, 11) is 5.90. The Morgan fingerprint density at radius 3 is 1.45 bits per heavy atom. The average Bonchev–Trinajstić information content (AvgIpc) is 3.28. The molecule has 0 saturated carbocycles. The zero-order valence-corrected chi connectivity index (χ0v) is 38.2. The molecule has 0 atom stereocenters. The normalized spacial score (nSPS) is 10.5. The quantitative estimate of drug-likeness (QED) is 0.0610. The summed E-state index contributed by atoms with van der Waals surface area (Å²) < 4.78 is 60.6. The molecule has 0 heterocycles. The van der Waals surface area contributed by atoms with E-state index in [-0.39, 0.29) is 62.0 Å². The van der Waals surface area contributed by atoms with Crippen molar-refractivity contribution in [2.24, 2.45) is 0 Å². The van der Waals surface area contributed by atoms with Crippen molar-refractivity contribution in [3.63, 3.8) is 0 Å². The van der Waals surface area contributed by atoms with Crippen LogP contribution in [-0.2, 0) is 6.54 Å². The van der Waals surface area contributed by atoms with E-state index in [0.29, 0.717) is 44.3 Å². The Hall–Kier alpha value is -7.12. The summed E-state index contributed by atoms with van der Waals surface area (Å²) in [4.78, 5) is 36.3. The molecule has 0 aliphatic rings. The number of amides is 3. The van der Waals surface area contributed by atoms with E-state index in [9.17, 15) is 48.0 Å². The minimum Gasteiger partial charge on any atom is -0.507 e. The Morgan fingerprint density at radius 1 is 0.537 bits per heavy atom. The monoisotopic (exact) mass is 1010 g/mol. The van der Waals surface area contributed by atoms with Gasteiger partial charge in [-0.25, -0.2) is 0 Å². The Bertz CT molecular complexity index is 2720. The van der Waals surface area contributed by atoms with E-state index in [1.165, 1.54) is 89.1 Å². The summed E-state index contributed by atoms with van der Waals surface area (Å²) in [5.41, 5.74) is 1.22. The highest BCUT2D eigenvalue weighted by Crippen LogP contribution is 2.40. The van der Waals surface area contributed by atoms with Crippen LogP contribution in [0.4, 0.5) is 24.5 Å². The van der Waals surface area contributed by atoms with Gasteiger partial charge in [0.05, 0.1) is 55.8 Å². The topological polar surface area (TPSA) is 214 Å². The van der Waals surface area contributed by atoms with Gasteiger partial charge in [0.15, 0.2) is 23.0 Å². The third kappa shape index (κ3) is 15.2. The van der Waals surface area contributed by atoms with Gasteiger partial charge >= 0.3 is 6.36 Å². The molecule has 0 bridgehead atoms. The van der Waals surface area contributed by atoms with E-state index in [0.717, 1.165) is 18.2 Å². The van der Waals surface area contributed by atoms with Crippen molar-refractivity contribution < 1.29 is 71.7 Å². The lowest BCUT2D eigenvalue weighted by atomic mass is 10.1. The molecule has 7 N–H and O–H groups in total. The van der Waals surface area contributed by atoms with Crippen LogP contribution in [0.25, 0.3) is 0 Å². The second-order valence-electron chi connectivity index (χ2n) is 13.2. The van der Waals surface area contributed by atoms with Gasteiger partial charge in [-0.3, -0.25) is 14.4 Å². The van der Waals surface area contributed by atoms with Crippen LogP contribution < -0.4 is 39.6 Å². The summed E-state index contributed by atoms with van der Waals surface area (Å²) in [6.07, 6.45) is -4.85. The lowest BCUT2D eigenvalue weighted by molar-refractivity contribution is -0.274. The van der Waals surface area contributed by atoms with Crippen LogP contribution in [0.3, 0.4) is 0 Å². The van der Waals surface area contributed by atoms with Crippen molar-refractivity contribution >= 4 is 75.5 Å². The number of benzene rings is 6. The maximum Gasteiger partial charge on any atom is 0.573 e. The molecule has 0 saturated heterocycles. The SMILES string of the molecule is COc1cc(NC(=O)c2cc(Cl)ccc2O)cc(OC)c1OC.COc1ccc(CNC(=O)c2cc(Cl)ccc2O)cc1O.O=C(Nc1ccc(OC(F)(F)F)cc1Cl)c1cc(Cl)ccc1O. The molecule has 0 aliphatic heterocycles. The zero-order valence-electron chi connectivity index (χ0n) is 35.2. The number of anilines is 2. The predicted molar refractivity (Wildman–Crippen MR) is 245 cm³/mol. The molecule has 0 unspecified atom stereocenters. The fraction of sp³-hybridized carbons (Fsp3) is 0.133. The van der Waals surface area contributed by atoms with Crippen molar-refractivity contribution in [1.82, 2.24) is 5.32 Å². The zero-order chi connectivity index (χ0) is 49.6. The number of phenols is 4. The number of alkyl halides is 3. The van der Waals surface area contributed by atoms with Gasteiger partial charge in [0.2, 0.25) is 5.75 Å². The molecular weight excluding hydrogens is 973 g/mol. The van der Waals surface area contributed by atoms with Crippen molar-refractivity contribution in [1.29, 1.82) is 0 Å². The summed E-state index contributed by atoms with van der Waals surface area (Å²) in [6.45, 7) is 0.197. The number of nitrogens with one attached hydrogen (secondary N) is 3. The number of rotatable bonds is 12. The average molecular weight is 1010 g/mol. The van der Waals surface area contributed by atoms with Crippen LogP contribution in [0.1, 0.15) is 36.6 Å². The second kappa shape index (κ2) is 23.9. The minimum absolute atomic E-state index is 0.00477. The van der Waals surface area contributed by atoms with Gasteiger partial charge in [0.1, 0.15) is 23.0 Å². The molecule has 0 aliphatic carbocycles. The maximum atomic E-state index is 12.3. The standard InChI is InChI=1S/C16H16ClNO5.C15H14ClNO4.C14H8Cl2F3NO3/c1-21-13-7-10(8-14(22-2)15(13)23-3)18-16(20)11-6-9(17)4-5-12(11)19;1-21-14-5-2-9(6-13(14)19)8-17-15(20)11-7-10(16)3-4-12(11)18;15-7-1-4-12(21)9(5-7)13(22)20-11-3-2-8(6-10(11)16)23-14(17,18)19/h4-8,19H,1-3H3,(H,18,20);2-7,18-19H,8H2,1H3,(H,17,20);1-6,21H,(H,20,22). The number of carbonyl (C=O) groups is 3. The molecule has 67 heavy (non-hydrogen) atoms. The number of hydrogen-bond donors (Lipinski definition) is 7. The van der Waals surface area contributed by atoms with Gasteiger partial charge in [0.25, 0.3) is 17.7 Å². The molecule has 0 radical (unpaired) electrons. The minimum atomic E-state index is -4.85. The number of hydrogen-bond acceptors (Lipinski definition) is 12. The fourth-order valence-electron chi connectivity index (χ4n) is 5.53. The van der Waals surface area contributed by atoms with E-state index in [1.54, 1.807) is 24.3 Å². The molecule has 6 aromatic rings. The van der Waals surface area contributed by atoms with E-state index in [1.807, 2.05) is 0 Å². The number of aromatic hydroxyl groups is 4. The van der Waals surface area contributed by atoms with Crippen LogP contribution >= 0.6 is 46.4 Å². The van der Waals surface area contributed by atoms with Crippen LogP contribution in [-0.4, -0.2) is 72.9 Å². The second-order valence-corrected chi connectivity index (χ2v) is 14.9. The third-order valence-corrected chi connectivity index (χ3v) is 9.67. The Kier molecular flexibility index (Phi) is 18.7. The van der Waals surface area contributed by atoms with Crippen LogP contribution in [0.5, 0.6) is 51.7 Å². The summed E-state index contributed by atoms with van der Waals surface area (Å²) in [6, 6.07) is 23.4. The molecule has 354 valence electrons. The van der Waals surface area contributed by atoms with Gasteiger partial charge in [-0.05, 0) is 84.4 Å². The largest absolute Gasteiger partial charge is 0.573 e. The number of halogens is 7. The Labute approximate surface area is 400 Å². The van der Waals surface area contributed by atoms with Crippen LogP contribution in [0, 0.1) is 0 Å². The first kappa shape index (κ1) is 52.5. The molecular formula is C45H38Cl4F3N3O12. The van der Waals surface area contributed by atoms with E-state index < -0.39 is 29.8 Å². The Morgan fingerprint density at radius 2 is 1.01 bits per heavy atom. The molecule has 22 heteroatoms. The van der Waals surface area contributed by atoms with E-state index >= 15 is 0 Å². The first-order valence-corrected chi connectivity index (χ1v) is 20.3. The van der Waals surface area contributed by atoms with Crippen molar-refractivity contribution in [3.8, 4) is 51.7 Å². The summed E-state index contributed by atoms with van der Waals surface area (Å²) in [5.74, 6) is -1.26. The lowest BCUT2D eigenvalue weighted by Crippen LogP contribution is -2.22. The fourth-order valence-corrected chi connectivity index (χ4v) is 6.26. The van der Waals surface area contributed by atoms with Crippen LogP contribution in [0.2, 0.25) is 20.1 Å². The first-order valence-electron chi connectivity index (χ1n) is 18.7. The Balaban J connectivity index is 0.000000220. The van der Waals surface area contributed by atoms with Gasteiger partial charge < -0.3 is 60.1 Å². The number of ether oxygens (including phenoxy) is 5. The molecule has 0 aromatic heterocycles. The predicted octanol–water partition coefficient (Wildman–Crippen LogP) is 10.9. The van der Waals surface area contributed by atoms with E-state index in [4.69, 9.17) is 65.4 Å². The van der Waals surface area contributed by atoms with E-state index in [2.05, 4.69) is 20.7 Å². The molecule has 15 nitrogen and oxygen atoms in total. The highest BCUT2D eigenvalue weighted by molar-refractivity contribution is 6.34. The third-order valence-electron chi connectivity index (χ3n) is 8.65. The molecule has 6 aromatic carbocycles. The van der Waals surface area contributed by atoms with Gasteiger partial charge in [0, 0.05) is 45.5 Å². The smallest absolute Gasteiger partial charge is 0.507 e. The first-order chi connectivity index (χ1) is 31.7. The summed E-state index contributed by atoms with van der Waals surface area (Å²) >= 11 is 23.2. The number of methoxy groups -OCH3 is 4. The lowest BCUT2D eigenvalue weighted by Gasteiger charge is -2.15. The number of carbonyl (C=O) groups excluding carboxylic acids is 3. The molecule has 6 rings (SSSR count). The summed E-state index contributed by atoms with van der Waals surface area (Å²) in [5, 5.41) is 47.1. The highest BCUT2D eigenvalue weighted by atomic mass is 35.5. The highest BCUT2D eigenvalue weighted by Gasteiger charge is 2.31. The van der Waals surface area contributed by atoms with Gasteiger partial charge in [-0.15, -0.1) is 13.2 Å². The van der Waals surface area contributed by atoms with Crippen molar-refractivity contribution in [2.75, 3.05) is 39.1 Å². The van der Waals surface area contributed by atoms with Crippen molar-refractivity contribution in [3.05, 3.63) is 145 Å². The number of phenolic OH excluding ortho intramolecular Hbond substituents is 4. The van der Waals surface area contributed by atoms with Crippen molar-refractivity contribution in [2.45, 2.75) is 12.9 Å². The van der Waals surface area contributed by atoms with Gasteiger partial charge in [-0.1, -0.05) is 52.5 Å².